The van der Waals surface area contributed by atoms with Crippen LogP contribution in [0.3, 0.4) is 0 Å². The molecule has 0 unspecified atom stereocenters. The Balaban J connectivity index is 2.20. The average molecular weight is 381 g/mol. The molecule has 0 aliphatic heterocycles. The van der Waals surface area contributed by atoms with Gasteiger partial charge in [-0.1, -0.05) is 6.07 Å². The zero-order chi connectivity index (χ0) is 19.5. The van der Waals surface area contributed by atoms with E-state index in [0.717, 1.165) is 4.31 Å². The summed E-state index contributed by atoms with van der Waals surface area (Å²) >= 11 is 0. The molecule has 0 saturated carbocycles. The molecule has 0 fully saturated rings. The van der Waals surface area contributed by atoms with Crippen LogP contribution in [0.4, 0.5) is 5.69 Å². The first-order valence-electron chi connectivity index (χ1n) is 7.46. The quantitative estimate of drug-likeness (QED) is 0.738. The summed E-state index contributed by atoms with van der Waals surface area (Å²) in [5.41, 5.74) is 0.540. The molecule has 0 spiro atoms. The minimum absolute atomic E-state index is 0.00805. The molecule has 0 saturated heterocycles. The van der Waals surface area contributed by atoms with E-state index in [1.807, 2.05) is 0 Å². The lowest BCUT2D eigenvalue weighted by molar-refractivity contribution is -0.139. The van der Waals surface area contributed by atoms with Crippen LogP contribution in [-0.2, 0) is 21.9 Å². The Bertz CT molecular complexity index is 933. The first-order valence-corrected chi connectivity index (χ1v) is 8.90. The largest absolute Gasteiger partial charge is 0.482 e. The number of carboxylic acids is 1. The number of nitrogens with one attached hydrogen (secondary N) is 1. The van der Waals surface area contributed by atoms with E-state index in [1.54, 1.807) is 25.2 Å². The van der Waals surface area contributed by atoms with Gasteiger partial charge in [0.2, 0.25) is 10.0 Å². The fourth-order valence-corrected chi connectivity index (χ4v) is 3.09. The highest BCUT2D eigenvalue weighted by molar-refractivity contribution is 7.89. The number of rotatable bonds is 7. The number of nitrogens with zero attached hydrogens (tertiary/aromatic N) is 2. The molecule has 0 atom stereocenters. The lowest BCUT2D eigenvalue weighted by atomic mass is 10.3. The maximum Gasteiger partial charge on any atom is 0.341 e. The minimum Gasteiger partial charge on any atom is -0.482 e. The number of anilines is 1. The number of aryl methyl sites for hydroxylation is 1. The molecule has 0 bridgehead atoms. The van der Waals surface area contributed by atoms with Crippen molar-refractivity contribution in [2.45, 2.75) is 4.90 Å². The van der Waals surface area contributed by atoms with Crippen molar-refractivity contribution in [3.63, 3.8) is 0 Å². The van der Waals surface area contributed by atoms with Gasteiger partial charge in [-0.15, -0.1) is 0 Å². The van der Waals surface area contributed by atoms with Crippen molar-refractivity contribution < 1.29 is 27.9 Å². The molecule has 0 radical (unpaired) electrons. The summed E-state index contributed by atoms with van der Waals surface area (Å²) in [6.45, 7) is -0.499. The third-order valence-electron chi connectivity index (χ3n) is 3.45. The van der Waals surface area contributed by atoms with Gasteiger partial charge in [0, 0.05) is 39.1 Å². The molecule has 1 heterocycles. The summed E-state index contributed by atoms with van der Waals surface area (Å²) in [7, 11) is 0.730. The molecular weight excluding hydrogens is 362 g/mol. The summed E-state index contributed by atoms with van der Waals surface area (Å²) in [5.74, 6) is -1.34. The number of benzene rings is 1. The normalized spacial score (nSPS) is 11.4. The van der Waals surface area contributed by atoms with Crippen LogP contribution in [-0.4, -0.2) is 55.0 Å². The molecule has 10 heteroatoms. The van der Waals surface area contributed by atoms with Crippen molar-refractivity contribution in [2.24, 2.45) is 7.05 Å². The number of carboxylic acid groups (broad SMARTS) is 1. The molecule has 2 N–H and O–H groups in total. The summed E-state index contributed by atoms with van der Waals surface area (Å²) in [5, 5.41) is 11.3. The van der Waals surface area contributed by atoms with E-state index in [1.165, 1.54) is 37.0 Å². The number of aliphatic carboxylic acids is 1. The van der Waals surface area contributed by atoms with E-state index in [0.29, 0.717) is 5.69 Å². The van der Waals surface area contributed by atoms with Crippen LogP contribution in [0.5, 0.6) is 5.75 Å². The van der Waals surface area contributed by atoms with Crippen molar-refractivity contribution in [1.29, 1.82) is 0 Å². The molecule has 1 amide bonds. The fraction of sp³-hybridized carbons (Fsp3) is 0.250. The van der Waals surface area contributed by atoms with Gasteiger partial charge < -0.3 is 19.7 Å². The number of carbonyl (C=O) groups excluding carboxylic acids is 1. The Kier molecular flexibility index (Phi) is 5.68. The number of aromatic nitrogens is 1. The number of carbonyl (C=O) groups is 2. The number of amides is 1. The van der Waals surface area contributed by atoms with Gasteiger partial charge in [-0.05, 0) is 18.2 Å². The fourth-order valence-electron chi connectivity index (χ4n) is 2.12. The summed E-state index contributed by atoms with van der Waals surface area (Å²) < 4.78 is 31.9. The van der Waals surface area contributed by atoms with Crippen LogP contribution < -0.4 is 10.1 Å². The van der Waals surface area contributed by atoms with Crippen LogP contribution in [0.25, 0.3) is 0 Å². The van der Waals surface area contributed by atoms with Gasteiger partial charge in [0.05, 0.1) is 0 Å². The van der Waals surface area contributed by atoms with Crippen molar-refractivity contribution in [3.8, 4) is 5.75 Å². The van der Waals surface area contributed by atoms with Crippen LogP contribution in [0.2, 0.25) is 0 Å². The van der Waals surface area contributed by atoms with Crippen LogP contribution >= 0.6 is 0 Å². The van der Waals surface area contributed by atoms with E-state index < -0.39 is 28.5 Å². The van der Waals surface area contributed by atoms with Gasteiger partial charge in [0.1, 0.15) is 16.3 Å². The molecule has 1 aromatic carbocycles. The Morgan fingerprint density at radius 1 is 1.27 bits per heavy atom. The van der Waals surface area contributed by atoms with E-state index >= 15 is 0 Å². The van der Waals surface area contributed by atoms with E-state index in [9.17, 15) is 18.0 Å². The van der Waals surface area contributed by atoms with Gasteiger partial charge in [0.15, 0.2) is 6.61 Å². The van der Waals surface area contributed by atoms with Gasteiger partial charge in [-0.2, -0.15) is 0 Å². The first kappa shape index (κ1) is 19.5. The monoisotopic (exact) mass is 381 g/mol. The molecule has 9 nitrogen and oxygen atoms in total. The molecule has 26 heavy (non-hydrogen) atoms. The number of ether oxygens (including phenoxy) is 1. The zero-order valence-electron chi connectivity index (χ0n) is 14.5. The first-order chi connectivity index (χ1) is 12.1. The average Bonchev–Trinajstić information content (AvgIpc) is 2.96. The molecule has 0 aliphatic carbocycles. The molecule has 2 aromatic rings. The number of hydrogen-bond donors (Lipinski definition) is 2. The van der Waals surface area contributed by atoms with E-state index in [4.69, 9.17) is 9.84 Å². The van der Waals surface area contributed by atoms with Gasteiger partial charge in [0.25, 0.3) is 5.91 Å². The topological polar surface area (TPSA) is 118 Å². The van der Waals surface area contributed by atoms with Gasteiger partial charge in [-0.25, -0.2) is 17.5 Å². The Morgan fingerprint density at radius 3 is 2.58 bits per heavy atom. The summed E-state index contributed by atoms with van der Waals surface area (Å²) in [6.07, 6.45) is 1.36. The Hall–Kier alpha value is -2.85. The van der Waals surface area contributed by atoms with Crippen LogP contribution in [0.1, 0.15) is 10.5 Å². The maximum absolute atomic E-state index is 12.4. The molecule has 2 rings (SSSR count). The molecule has 0 aliphatic rings. The lowest BCUT2D eigenvalue weighted by Gasteiger charge is -2.08. The van der Waals surface area contributed by atoms with Gasteiger partial charge in [-0.3, -0.25) is 4.79 Å². The second-order valence-electron chi connectivity index (χ2n) is 5.62. The number of hydrogen-bond acceptors (Lipinski definition) is 5. The Morgan fingerprint density at radius 2 is 1.96 bits per heavy atom. The lowest BCUT2D eigenvalue weighted by Crippen LogP contribution is -2.21. The van der Waals surface area contributed by atoms with Crippen molar-refractivity contribution in [3.05, 3.63) is 42.2 Å². The zero-order valence-corrected chi connectivity index (χ0v) is 15.3. The highest BCUT2D eigenvalue weighted by Gasteiger charge is 2.22. The molecular formula is C16H19N3O6S. The standard InChI is InChI=1S/C16H19N3O6S/c1-18(2)26(23,24)13-8-14(19(3)9-13)16(22)17-11-5-4-6-12(7-11)25-10-15(20)21/h4-9H,10H2,1-3H3,(H,17,22)(H,20,21). The van der Waals surface area contributed by atoms with Gasteiger partial charge >= 0.3 is 5.97 Å². The molecule has 140 valence electrons. The maximum atomic E-state index is 12.4. The second kappa shape index (κ2) is 7.58. The second-order valence-corrected chi connectivity index (χ2v) is 7.78. The number of sulfonamides is 1. The summed E-state index contributed by atoms with van der Waals surface area (Å²) in [6, 6.07) is 7.52. The van der Waals surface area contributed by atoms with E-state index in [2.05, 4.69) is 5.32 Å². The smallest absolute Gasteiger partial charge is 0.341 e. The third kappa shape index (κ3) is 4.41. The predicted molar refractivity (Wildman–Crippen MR) is 93.8 cm³/mol. The third-order valence-corrected chi connectivity index (χ3v) is 5.23. The van der Waals surface area contributed by atoms with Crippen molar-refractivity contribution >= 4 is 27.6 Å². The SMILES string of the molecule is CN(C)S(=O)(=O)c1cc(C(=O)Nc2cccc(OCC(=O)O)c2)n(C)c1. The molecule has 1 aromatic heterocycles. The highest BCUT2D eigenvalue weighted by atomic mass is 32.2. The predicted octanol–water partition coefficient (Wildman–Crippen LogP) is 0.991. The van der Waals surface area contributed by atoms with Crippen LogP contribution in [0, 0.1) is 0 Å². The summed E-state index contributed by atoms with van der Waals surface area (Å²) in [4.78, 5) is 23.0. The Labute approximate surface area is 150 Å². The van der Waals surface area contributed by atoms with E-state index in [-0.39, 0.29) is 16.3 Å². The van der Waals surface area contributed by atoms with Crippen molar-refractivity contribution in [1.82, 2.24) is 8.87 Å². The minimum atomic E-state index is -3.65. The van der Waals surface area contributed by atoms with Crippen LogP contribution in [0.15, 0.2) is 41.4 Å². The van der Waals surface area contributed by atoms with Crippen molar-refractivity contribution in [2.75, 3.05) is 26.0 Å². The highest BCUT2D eigenvalue weighted by Crippen LogP contribution is 2.20.